The Morgan fingerprint density at radius 1 is 1.03 bits per heavy atom. The van der Waals surface area contributed by atoms with Gasteiger partial charge >= 0.3 is 0 Å². The molecule has 0 radical (unpaired) electrons. The predicted molar refractivity (Wildman–Crippen MR) is 130 cm³/mol. The van der Waals surface area contributed by atoms with Crippen LogP contribution in [0.4, 0.5) is 5.69 Å². The lowest BCUT2D eigenvalue weighted by Gasteiger charge is -2.35. The molecule has 2 aromatic rings. The number of hydrogen-bond donors (Lipinski definition) is 1. The molecule has 2 aliphatic heterocycles. The molecule has 2 saturated heterocycles. The highest BCUT2D eigenvalue weighted by molar-refractivity contribution is 7.89. The first-order chi connectivity index (χ1) is 15.3. The van der Waals surface area contributed by atoms with E-state index in [9.17, 15) is 13.2 Å². The lowest BCUT2D eigenvalue weighted by Crippen LogP contribution is -2.40. The molecular weight excluding hydrogens is 442 g/mol. The van der Waals surface area contributed by atoms with Crippen LogP contribution in [-0.4, -0.2) is 44.8 Å². The van der Waals surface area contributed by atoms with Crippen molar-refractivity contribution in [2.24, 2.45) is 11.8 Å². The van der Waals surface area contributed by atoms with Crippen LogP contribution < -0.4 is 10.2 Å². The fourth-order valence-electron chi connectivity index (χ4n) is 4.42. The van der Waals surface area contributed by atoms with Crippen LogP contribution in [0.1, 0.15) is 54.8 Å². The summed E-state index contributed by atoms with van der Waals surface area (Å²) in [4.78, 5) is 16.3. The molecule has 1 N–H and O–H groups in total. The van der Waals surface area contributed by atoms with E-state index in [1.54, 1.807) is 27.8 Å². The van der Waals surface area contributed by atoms with Gasteiger partial charge in [0.1, 0.15) is 4.90 Å². The van der Waals surface area contributed by atoms with Gasteiger partial charge in [0.05, 0.1) is 12.2 Å². The molecule has 1 aromatic carbocycles. The van der Waals surface area contributed by atoms with Gasteiger partial charge in [-0.05, 0) is 67.2 Å². The van der Waals surface area contributed by atoms with Gasteiger partial charge in [0, 0.05) is 36.6 Å². The van der Waals surface area contributed by atoms with Crippen LogP contribution in [0.2, 0.25) is 0 Å². The molecule has 1 aromatic heterocycles. The molecule has 1 amide bonds. The second kappa shape index (κ2) is 9.93. The molecular formula is C24H33N3O3S2. The van der Waals surface area contributed by atoms with Crippen LogP contribution in [-0.2, 0) is 16.6 Å². The number of amides is 1. The monoisotopic (exact) mass is 475 g/mol. The molecule has 174 valence electrons. The van der Waals surface area contributed by atoms with Crippen molar-refractivity contribution in [1.82, 2.24) is 9.62 Å². The minimum atomic E-state index is -3.68. The molecule has 2 aliphatic rings. The van der Waals surface area contributed by atoms with Crippen molar-refractivity contribution in [1.29, 1.82) is 0 Å². The molecule has 8 heteroatoms. The van der Waals surface area contributed by atoms with Crippen LogP contribution >= 0.6 is 11.3 Å². The first-order valence-electron chi connectivity index (χ1n) is 11.5. The van der Waals surface area contributed by atoms with Gasteiger partial charge in [-0.1, -0.05) is 19.9 Å². The van der Waals surface area contributed by atoms with Gasteiger partial charge in [-0.25, -0.2) is 8.42 Å². The summed E-state index contributed by atoms with van der Waals surface area (Å²) in [6, 6.07) is 9.09. The van der Waals surface area contributed by atoms with Crippen LogP contribution in [0.3, 0.4) is 0 Å². The van der Waals surface area contributed by atoms with E-state index in [1.807, 2.05) is 23.6 Å². The zero-order valence-electron chi connectivity index (χ0n) is 18.9. The number of carbonyl (C=O) groups is 1. The molecule has 0 aliphatic carbocycles. The molecule has 0 bridgehead atoms. The molecule has 0 unspecified atom stereocenters. The highest BCUT2D eigenvalue weighted by Gasteiger charge is 2.32. The van der Waals surface area contributed by atoms with E-state index >= 15 is 0 Å². The predicted octanol–water partition coefficient (Wildman–Crippen LogP) is 4.34. The summed E-state index contributed by atoms with van der Waals surface area (Å²) in [5.41, 5.74) is 1.12. The molecule has 32 heavy (non-hydrogen) atoms. The zero-order valence-corrected chi connectivity index (χ0v) is 20.6. The van der Waals surface area contributed by atoms with Crippen molar-refractivity contribution in [3.63, 3.8) is 0 Å². The van der Waals surface area contributed by atoms with Gasteiger partial charge in [0.2, 0.25) is 10.0 Å². The third-order valence-electron chi connectivity index (χ3n) is 6.71. The van der Waals surface area contributed by atoms with E-state index in [0.29, 0.717) is 37.0 Å². The largest absolute Gasteiger partial charge is 0.370 e. The minimum Gasteiger partial charge on any atom is -0.370 e. The molecule has 2 fully saturated rings. The lowest BCUT2D eigenvalue weighted by atomic mass is 9.98. The van der Waals surface area contributed by atoms with E-state index in [-0.39, 0.29) is 10.8 Å². The summed E-state index contributed by atoms with van der Waals surface area (Å²) in [5, 5.41) is 4.89. The zero-order chi connectivity index (χ0) is 22.7. The first-order valence-corrected chi connectivity index (χ1v) is 13.9. The highest BCUT2D eigenvalue weighted by atomic mass is 32.2. The van der Waals surface area contributed by atoms with Crippen LogP contribution in [0, 0.1) is 11.8 Å². The van der Waals surface area contributed by atoms with E-state index in [0.717, 1.165) is 49.3 Å². The SMILES string of the molecule is CC1CCN(c2ccc(C(=O)NCc3cccs3)cc2S(=O)(=O)N2CCC(C)CC2)CC1. The van der Waals surface area contributed by atoms with E-state index in [2.05, 4.69) is 24.1 Å². The van der Waals surface area contributed by atoms with Gasteiger partial charge in [-0.15, -0.1) is 11.3 Å². The number of nitrogens with one attached hydrogen (secondary N) is 1. The van der Waals surface area contributed by atoms with Crippen molar-refractivity contribution in [3.05, 3.63) is 46.2 Å². The molecule has 3 heterocycles. The van der Waals surface area contributed by atoms with E-state index < -0.39 is 10.0 Å². The maximum Gasteiger partial charge on any atom is 0.251 e. The normalized spacial score (nSPS) is 19.2. The Morgan fingerprint density at radius 2 is 1.69 bits per heavy atom. The maximum atomic E-state index is 13.7. The van der Waals surface area contributed by atoms with E-state index in [4.69, 9.17) is 0 Å². The van der Waals surface area contributed by atoms with Gasteiger partial charge in [0.25, 0.3) is 5.91 Å². The second-order valence-corrected chi connectivity index (χ2v) is 12.1. The van der Waals surface area contributed by atoms with Crippen LogP contribution in [0.15, 0.2) is 40.6 Å². The van der Waals surface area contributed by atoms with Crippen molar-refractivity contribution in [2.75, 3.05) is 31.1 Å². The Kier molecular flexibility index (Phi) is 7.22. The molecule has 4 rings (SSSR count). The Hall–Kier alpha value is -1.90. The topological polar surface area (TPSA) is 69.7 Å². The molecule has 0 spiro atoms. The summed E-state index contributed by atoms with van der Waals surface area (Å²) in [6.07, 6.45) is 3.83. The fourth-order valence-corrected chi connectivity index (χ4v) is 6.77. The number of benzene rings is 1. The number of thiophene rings is 1. The molecule has 0 atom stereocenters. The summed E-state index contributed by atoms with van der Waals surface area (Å²) >= 11 is 1.58. The standard InChI is InChI=1S/C24H33N3O3S2/c1-18-7-11-26(12-8-18)22-6-5-20(24(28)25-17-21-4-3-15-31-21)16-23(22)32(29,30)27-13-9-19(2)10-14-27/h3-6,15-16,18-19H,7-14,17H2,1-2H3,(H,25,28). The van der Waals surface area contributed by atoms with Crippen LogP contribution in [0.5, 0.6) is 0 Å². The smallest absolute Gasteiger partial charge is 0.251 e. The van der Waals surface area contributed by atoms with Crippen molar-refractivity contribution in [2.45, 2.75) is 51.0 Å². The Morgan fingerprint density at radius 3 is 2.31 bits per heavy atom. The number of hydrogen-bond acceptors (Lipinski definition) is 5. The molecule has 6 nitrogen and oxygen atoms in total. The fraction of sp³-hybridized carbons (Fsp3) is 0.542. The average molecular weight is 476 g/mol. The highest BCUT2D eigenvalue weighted by Crippen LogP contribution is 2.33. The van der Waals surface area contributed by atoms with Crippen molar-refractivity contribution < 1.29 is 13.2 Å². The van der Waals surface area contributed by atoms with Gasteiger partial charge in [-0.2, -0.15) is 4.31 Å². The number of rotatable bonds is 6. The van der Waals surface area contributed by atoms with Gasteiger partial charge in [-0.3, -0.25) is 4.79 Å². The summed E-state index contributed by atoms with van der Waals surface area (Å²) in [7, 11) is -3.68. The third-order valence-corrected chi connectivity index (χ3v) is 9.51. The van der Waals surface area contributed by atoms with Gasteiger partial charge < -0.3 is 10.2 Å². The third kappa shape index (κ3) is 5.18. The van der Waals surface area contributed by atoms with Crippen molar-refractivity contribution >= 4 is 33.0 Å². The summed E-state index contributed by atoms with van der Waals surface area (Å²) < 4.78 is 29.0. The number of nitrogens with zero attached hydrogens (tertiary/aromatic N) is 2. The van der Waals surface area contributed by atoms with E-state index in [1.165, 1.54) is 0 Å². The molecule has 0 saturated carbocycles. The number of carbonyl (C=O) groups excluding carboxylic acids is 1. The van der Waals surface area contributed by atoms with Gasteiger partial charge in [0.15, 0.2) is 0 Å². The quantitative estimate of drug-likeness (QED) is 0.675. The van der Waals surface area contributed by atoms with Crippen LogP contribution in [0.25, 0.3) is 0 Å². The number of anilines is 1. The minimum absolute atomic E-state index is 0.249. The maximum absolute atomic E-state index is 13.7. The average Bonchev–Trinajstić information content (AvgIpc) is 3.32. The summed E-state index contributed by atoms with van der Waals surface area (Å²) in [6.45, 7) is 7.60. The number of sulfonamides is 1. The summed E-state index contributed by atoms with van der Waals surface area (Å²) in [5.74, 6) is 0.942. The second-order valence-electron chi connectivity index (χ2n) is 9.20. The Bertz CT molecular complexity index is 1020. The van der Waals surface area contributed by atoms with Crippen molar-refractivity contribution in [3.8, 4) is 0 Å². The Balaban J connectivity index is 1.63. The number of piperidine rings is 2. The lowest BCUT2D eigenvalue weighted by molar-refractivity contribution is 0.0951. The first kappa shape index (κ1) is 23.3. The Labute approximate surface area is 195 Å².